The van der Waals surface area contributed by atoms with Crippen LogP contribution in [0.25, 0.3) is 0 Å². The Morgan fingerprint density at radius 2 is 0.463 bits per heavy atom. The number of carboxylic acid groups (broad SMARTS) is 6. The molecule has 48 heteroatoms. The SMILES string of the molecule is NCCN(CCN=Cc1cccc(C(=O)[O-])c1[O-])CCN=Cc1cccc(C(=O)[O-])c1[O-].NCCN(CCN=Cc1cccc(C(=O)[O-])c1[O-])CCN=Cc1cccc(C(=O)[O-])c1[O-].O.O.O.O.O.O.O.O.O.O.O.O.O=Cc1cccc(C(=O)[O-])c1[O-].O=Cc1cccc(C(=O)[O-])c1[O-].[Ni+2].[Ni+2].[Ni+2].[Ni+3].[OH-].[OH-].[Sm+3].[Sm]. The molecule has 2 radical (unpaired) electrons. The number of rotatable bonds is 28. The Kier molecular flexibility index (Phi) is 108. The third kappa shape index (κ3) is 49.1. The van der Waals surface area contributed by atoms with Gasteiger partial charge in [-0.1, -0.05) is 144 Å². The Labute approximate surface area is 719 Å². The van der Waals surface area contributed by atoms with Crippen molar-refractivity contribution in [3.05, 3.63) is 176 Å². The molecule has 6 aromatic rings. The second-order valence-electron chi connectivity index (χ2n) is 17.7. The van der Waals surface area contributed by atoms with Crippen molar-refractivity contribution >= 4 is 73.2 Å². The van der Waals surface area contributed by atoms with Gasteiger partial charge in [0.15, 0.2) is 0 Å². The van der Waals surface area contributed by atoms with E-state index in [1.54, 1.807) is 0 Å². The topological polar surface area (TPSA) is 959 Å². The molecule has 0 aliphatic rings. The van der Waals surface area contributed by atoms with Crippen LogP contribution in [0.2, 0.25) is 0 Å². The van der Waals surface area contributed by atoms with Gasteiger partial charge < -0.3 is 178 Å². The van der Waals surface area contributed by atoms with Gasteiger partial charge >= 0.3 is 106 Å². The van der Waals surface area contributed by atoms with Gasteiger partial charge in [-0.05, 0) is 55.6 Å². The predicted molar refractivity (Wildman–Crippen MR) is 340 cm³/mol. The zero-order valence-corrected chi connectivity index (χ0v) is 64.5. The molecule has 0 fully saturated rings. The Morgan fingerprint density at radius 1 is 0.315 bits per heavy atom. The Morgan fingerprint density at radius 3 is 0.602 bits per heavy atom. The van der Waals surface area contributed by atoms with Crippen LogP contribution in [0.15, 0.2) is 129 Å². The Hall–Kier alpha value is -7.11. The van der Waals surface area contributed by atoms with Gasteiger partial charge in [-0.25, -0.2) is 0 Å². The van der Waals surface area contributed by atoms with Crippen LogP contribution in [0.3, 0.4) is 0 Å². The summed E-state index contributed by atoms with van der Waals surface area (Å²) in [4.78, 5) is 105. The average molecular weight is 1990 g/mol. The molecule has 30 N–H and O–H groups in total. The van der Waals surface area contributed by atoms with Crippen molar-refractivity contribution in [3.8, 4) is 34.5 Å². The summed E-state index contributed by atoms with van der Waals surface area (Å²) in [6.07, 6.45) is 5.94. The number of nitrogens with zero attached hydrogens (tertiary/aromatic N) is 6. The number of benzene rings is 6. The molecule has 0 bridgehead atoms. The molecule has 108 heavy (non-hydrogen) atoms. The molecule has 6 aromatic carbocycles. The van der Waals surface area contributed by atoms with Crippen molar-refractivity contribution in [1.29, 1.82) is 0 Å². The Bertz CT molecular complexity index is 3210. The molecule has 6 rings (SSSR count). The van der Waals surface area contributed by atoms with E-state index in [1.165, 1.54) is 122 Å². The van der Waals surface area contributed by atoms with Gasteiger partial charge in [0.2, 0.25) is 0 Å². The largest absolute Gasteiger partial charge is 3.00 e. The number of carboxylic acids is 6. The van der Waals surface area contributed by atoms with Crippen LogP contribution in [-0.2, 0) is 66.0 Å². The van der Waals surface area contributed by atoms with Crippen LogP contribution in [0.1, 0.15) is 105 Å². The summed E-state index contributed by atoms with van der Waals surface area (Å²) in [6.45, 7) is 5.41. The van der Waals surface area contributed by atoms with Gasteiger partial charge in [-0.2, -0.15) is 0 Å². The van der Waals surface area contributed by atoms with E-state index in [0.717, 1.165) is 12.1 Å². The molecular formula is C60H78N8Ni4O34Sm2-2. The third-order valence-corrected chi connectivity index (χ3v) is 11.8. The maximum absolute atomic E-state index is 12.0. The maximum Gasteiger partial charge on any atom is 3.00 e. The molecule has 0 spiro atoms. The summed E-state index contributed by atoms with van der Waals surface area (Å²) in [5.74, 6) is -13.5. The van der Waals surface area contributed by atoms with Gasteiger partial charge in [-0.3, -0.25) is 39.4 Å². The number of aldehydes is 2. The molecular weight excluding hydrogens is 1910 g/mol. The zero-order valence-electron chi connectivity index (χ0n) is 55.3. The quantitative estimate of drug-likeness (QED) is 0.0262. The number of aromatic carboxylic acids is 6. The summed E-state index contributed by atoms with van der Waals surface area (Å²) in [5.41, 5.74) is 8.93. The first kappa shape index (κ1) is 147. The molecule has 0 heterocycles. The van der Waals surface area contributed by atoms with Gasteiger partial charge in [0.05, 0.1) is 62.0 Å². The summed E-state index contributed by atoms with van der Waals surface area (Å²) < 4.78 is 0. The molecule has 0 aliphatic heterocycles. The van der Waals surface area contributed by atoms with Crippen molar-refractivity contribution in [2.45, 2.75) is 0 Å². The molecule has 0 unspecified atom stereocenters. The fourth-order valence-electron chi connectivity index (χ4n) is 7.37. The van der Waals surface area contributed by atoms with Crippen LogP contribution in [0, 0.1) is 80.8 Å². The number of aliphatic imine (C=N–C) groups is 4. The summed E-state index contributed by atoms with van der Waals surface area (Å²) in [6, 6.07) is 23.8. The molecule has 42 nitrogen and oxygen atoms in total. The third-order valence-electron chi connectivity index (χ3n) is 11.8. The van der Waals surface area contributed by atoms with Gasteiger partial charge in [0, 0.05) is 129 Å². The van der Waals surface area contributed by atoms with Crippen LogP contribution in [0.4, 0.5) is 0 Å². The molecule has 0 saturated heterocycles. The minimum atomic E-state index is -1.57. The van der Waals surface area contributed by atoms with Crippen LogP contribution >= 0.6 is 0 Å². The number of hydrogen-bond acceptors (Lipinski definition) is 30. The van der Waals surface area contributed by atoms with Gasteiger partial charge in [-0.15, -0.1) is 0 Å². The molecule has 0 amide bonds. The van der Waals surface area contributed by atoms with E-state index < -0.39 is 104 Å². The fraction of sp³-hybridized carbons (Fsp3) is 0.200. The first-order valence-electron chi connectivity index (χ1n) is 25.9. The standard InChI is InChI=1S/2C22H26N4O6.2C8H6O4.4Ni.14H2O.2Sm/c2*23-7-10-26(11-8-24-13-15-3-1-5-17(19(15)27)21(29)30)12-9-25-14-16-4-2-6-18(20(16)28)22(31)32;2*9-4-5-2-1-3-6(7(5)10)8(11)12;;;;;;;;;;;;;;;;;;;;/h2*1-6,13-14,27-28H,7-12,23H2,(H,29,30)(H,31,32);2*1-4,10H,(H,11,12);;;;;14*1H2;;/q;;;;3*+2;+3;;;;;;;;;;;;;;;;+3/p-14. The molecule has 0 atom stereocenters. The van der Waals surface area contributed by atoms with Crippen molar-refractivity contribution in [3.63, 3.8) is 0 Å². The van der Waals surface area contributed by atoms with E-state index in [4.69, 9.17) is 11.5 Å². The van der Waals surface area contributed by atoms with Gasteiger partial charge in [0.1, 0.15) is 12.6 Å². The number of carbonyl (C=O) groups is 8. The van der Waals surface area contributed by atoms with E-state index in [-0.39, 0.29) is 257 Å². The van der Waals surface area contributed by atoms with E-state index in [0.29, 0.717) is 91.1 Å². The van der Waals surface area contributed by atoms with Crippen LogP contribution < -0.4 is 72.7 Å². The number of carbonyl (C=O) groups excluding carboxylic acids is 8. The average Bonchev–Trinajstić information content (AvgIpc) is 0.890. The second-order valence-corrected chi connectivity index (χ2v) is 17.7. The van der Waals surface area contributed by atoms with Crippen molar-refractivity contribution in [2.24, 2.45) is 31.4 Å². The van der Waals surface area contributed by atoms with Crippen molar-refractivity contribution < 1.29 is 323 Å². The summed E-state index contributed by atoms with van der Waals surface area (Å²) in [5, 5.41) is 134. The zero-order chi connectivity index (χ0) is 65.3. The molecule has 616 valence electrons. The minimum absolute atomic E-state index is 0. The fourth-order valence-corrected chi connectivity index (χ4v) is 7.37. The first-order valence-corrected chi connectivity index (χ1v) is 25.9. The van der Waals surface area contributed by atoms with Crippen molar-refractivity contribution in [2.75, 3.05) is 78.5 Å². The first-order chi connectivity index (χ1) is 42.0. The second kappa shape index (κ2) is 79.4. The van der Waals surface area contributed by atoms with E-state index in [1.807, 2.05) is 9.80 Å². The van der Waals surface area contributed by atoms with E-state index in [9.17, 15) is 99.6 Å². The monoisotopic (exact) mass is 1990 g/mol. The normalized spacial score (nSPS) is 8.93. The molecule has 0 aromatic heterocycles. The minimum Gasteiger partial charge on any atom is -0.872 e. The van der Waals surface area contributed by atoms with Crippen LogP contribution in [-0.4, -0.2) is 238 Å². The van der Waals surface area contributed by atoms with E-state index in [2.05, 4.69) is 20.0 Å². The van der Waals surface area contributed by atoms with E-state index >= 15 is 0 Å². The molecule has 0 aliphatic carbocycles. The van der Waals surface area contributed by atoms with Gasteiger partial charge in [0.25, 0.3) is 0 Å². The number of nitrogens with two attached hydrogens (primary N) is 2. The number of hydrogen-bond donors (Lipinski definition) is 2. The van der Waals surface area contributed by atoms with Crippen molar-refractivity contribution in [1.82, 2.24) is 9.80 Å². The number of para-hydroxylation sites is 6. The smallest absolute Gasteiger partial charge is 0.872 e. The Balaban J connectivity index is -0.0000000629. The van der Waals surface area contributed by atoms with Crippen LogP contribution in [0.5, 0.6) is 34.5 Å². The summed E-state index contributed by atoms with van der Waals surface area (Å²) >= 11 is 0. The maximum atomic E-state index is 12.0. The molecule has 0 saturated carbocycles. The predicted octanol–water partition coefficient (Wildman–Crippen LogP) is -17.7. The summed E-state index contributed by atoms with van der Waals surface area (Å²) in [7, 11) is 0.